The van der Waals surface area contributed by atoms with Crippen molar-refractivity contribution in [2.24, 2.45) is 0 Å². The zero-order valence-corrected chi connectivity index (χ0v) is 16.0. The van der Waals surface area contributed by atoms with E-state index in [9.17, 15) is 9.59 Å². The number of fused-ring (bicyclic) bond motifs is 1. The summed E-state index contributed by atoms with van der Waals surface area (Å²) >= 11 is 12.3. The molecule has 2 aromatic heterocycles. The average Bonchev–Trinajstić information content (AvgIpc) is 3.24. The summed E-state index contributed by atoms with van der Waals surface area (Å²) in [5.41, 5.74) is 1.23. The van der Waals surface area contributed by atoms with Gasteiger partial charge in [-0.3, -0.25) is 19.6 Å². The molecular weight excluding hydrogens is 387 g/mol. The van der Waals surface area contributed by atoms with Crippen LogP contribution in [0.25, 0.3) is 0 Å². The van der Waals surface area contributed by atoms with Gasteiger partial charge in [0.1, 0.15) is 0 Å². The smallest absolute Gasteiger partial charge is 0.257 e. The Labute approximate surface area is 167 Å². The van der Waals surface area contributed by atoms with Crippen molar-refractivity contribution in [3.63, 3.8) is 0 Å². The SMILES string of the molecule is O=C(Cc1ccncc1)N1CC[C@@H]2[C@H]1CCN2C(=O)c1c(Cl)cncc1Cl. The van der Waals surface area contributed by atoms with Crippen molar-refractivity contribution in [2.45, 2.75) is 31.3 Å². The van der Waals surface area contributed by atoms with Crippen molar-refractivity contribution < 1.29 is 9.59 Å². The lowest BCUT2D eigenvalue weighted by Gasteiger charge is -2.26. The Morgan fingerprint density at radius 3 is 2.22 bits per heavy atom. The van der Waals surface area contributed by atoms with Crippen LogP contribution in [-0.4, -0.2) is 56.8 Å². The molecule has 2 fully saturated rings. The highest BCUT2D eigenvalue weighted by atomic mass is 35.5. The second-order valence-electron chi connectivity index (χ2n) is 6.81. The van der Waals surface area contributed by atoms with Crippen LogP contribution in [0.3, 0.4) is 0 Å². The molecule has 2 saturated heterocycles. The van der Waals surface area contributed by atoms with Gasteiger partial charge in [0, 0.05) is 37.9 Å². The normalized spacial score (nSPS) is 21.4. The second-order valence-corrected chi connectivity index (χ2v) is 7.62. The zero-order chi connectivity index (χ0) is 19.0. The maximum atomic E-state index is 13.0. The van der Waals surface area contributed by atoms with Gasteiger partial charge in [0.05, 0.1) is 34.1 Å². The van der Waals surface area contributed by atoms with Crippen LogP contribution in [0.15, 0.2) is 36.9 Å². The van der Waals surface area contributed by atoms with E-state index in [4.69, 9.17) is 23.2 Å². The van der Waals surface area contributed by atoms with Gasteiger partial charge in [-0.1, -0.05) is 23.2 Å². The number of carbonyl (C=O) groups is 2. The number of halogens is 2. The van der Waals surface area contributed by atoms with Crippen LogP contribution in [0.1, 0.15) is 28.8 Å². The van der Waals surface area contributed by atoms with E-state index in [1.54, 1.807) is 17.3 Å². The maximum Gasteiger partial charge on any atom is 0.257 e. The average molecular weight is 405 g/mol. The highest BCUT2D eigenvalue weighted by molar-refractivity contribution is 6.39. The molecule has 4 heterocycles. The van der Waals surface area contributed by atoms with Gasteiger partial charge in [-0.15, -0.1) is 0 Å². The van der Waals surface area contributed by atoms with Gasteiger partial charge in [-0.2, -0.15) is 0 Å². The highest BCUT2D eigenvalue weighted by Crippen LogP contribution is 2.35. The van der Waals surface area contributed by atoms with Crippen LogP contribution in [0.5, 0.6) is 0 Å². The Morgan fingerprint density at radius 1 is 0.963 bits per heavy atom. The topological polar surface area (TPSA) is 66.4 Å². The van der Waals surface area contributed by atoms with E-state index in [2.05, 4.69) is 9.97 Å². The van der Waals surface area contributed by atoms with Gasteiger partial charge in [0.25, 0.3) is 5.91 Å². The van der Waals surface area contributed by atoms with Gasteiger partial charge in [-0.25, -0.2) is 0 Å². The summed E-state index contributed by atoms with van der Waals surface area (Å²) in [6.07, 6.45) is 8.10. The number of carbonyl (C=O) groups excluding carboxylic acids is 2. The number of hydrogen-bond donors (Lipinski definition) is 0. The van der Waals surface area contributed by atoms with E-state index >= 15 is 0 Å². The van der Waals surface area contributed by atoms with Crippen molar-refractivity contribution >= 4 is 35.0 Å². The first-order chi connectivity index (χ1) is 13.1. The minimum Gasteiger partial charge on any atom is -0.337 e. The minimum atomic E-state index is -0.191. The third-order valence-electron chi connectivity index (χ3n) is 5.33. The van der Waals surface area contributed by atoms with Crippen molar-refractivity contribution in [3.05, 3.63) is 58.1 Å². The third-order valence-corrected chi connectivity index (χ3v) is 5.90. The number of pyridine rings is 2. The quantitative estimate of drug-likeness (QED) is 0.788. The second kappa shape index (κ2) is 7.44. The molecule has 2 aliphatic heterocycles. The molecular formula is C19H18Cl2N4O2. The van der Waals surface area contributed by atoms with Crippen molar-refractivity contribution in [1.82, 2.24) is 19.8 Å². The molecule has 6 nitrogen and oxygen atoms in total. The number of rotatable bonds is 3. The Balaban J connectivity index is 1.49. The van der Waals surface area contributed by atoms with Crippen LogP contribution in [-0.2, 0) is 11.2 Å². The molecule has 0 aromatic carbocycles. The monoisotopic (exact) mass is 404 g/mol. The lowest BCUT2D eigenvalue weighted by molar-refractivity contribution is -0.131. The van der Waals surface area contributed by atoms with Gasteiger partial charge in [0.15, 0.2) is 0 Å². The van der Waals surface area contributed by atoms with E-state index in [0.29, 0.717) is 19.5 Å². The summed E-state index contributed by atoms with van der Waals surface area (Å²) in [5, 5.41) is 0.499. The fourth-order valence-corrected chi connectivity index (χ4v) is 4.61. The van der Waals surface area contributed by atoms with Crippen molar-refractivity contribution in [2.75, 3.05) is 13.1 Å². The van der Waals surface area contributed by atoms with E-state index in [1.165, 1.54) is 12.4 Å². The predicted octanol–water partition coefficient (Wildman–Crippen LogP) is 2.84. The Hall–Kier alpha value is -2.18. The highest BCUT2D eigenvalue weighted by Gasteiger charge is 2.46. The molecule has 2 atom stereocenters. The van der Waals surface area contributed by atoms with E-state index in [0.717, 1.165) is 18.4 Å². The first kappa shape index (κ1) is 18.2. The predicted molar refractivity (Wildman–Crippen MR) is 102 cm³/mol. The number of likely N-dealkylation sites (tertiary alicyclic amines) is 2. The van der Waals surface area contributed by atoms with Crippen LogP contribution >= 0.6 is 23.2 Å². The van der Waals surface area contributed by atoms with E-state index in [1.807, 2.05) is 17.0 Å². The Bertz CT molecular complexity index is 857. The number of hydrogen-bond acceptors (Lipinski definition) is 4. The van der Waals surface area contributed by atoms with Crippen LogP contribution < -0.4 is 0 Å². The molecule has 8 heteroatoms. The minimum absolute atomic E-state index is 0.000751. The third kappa shape index (κ3) is 3.39. The molecule has 0 spiro atoms. The Kier molecular flexibility index (Phi) is 5.02. The molecule has 2 aliphatic rings. The molecule has 0 unspecified atom stereocenters. The van der Waals surface area contributed by atoms with Crippen LogP contribution in [0.4, 0.5) is 0 Å². The molecule has 27 heavy (non-hydrogen) atoms. The van der Waals surface area contributed by atoms with Crippen LogP contribution in [0, 0.1) is 0 Å². The zero-order valence-electron chi connectivity index (χ0n) is 14.5. The lowest BCUT2D eigenvalue weighted by atomic mass is 10.1. The molecule has 0 N–H and O–H groups in total. The molecule has 0 bridgehead atoms. The van der Waals surface area contributed by atoms with Crippen LogP contribution in [0.2, 0.25) is 10.0 Å². The standard InChI is InChI=1S/C19H18Cl2N4O2/c20-13-10-23-11-14(21)18(13)19(27)25-8-4-15-16(25)3-7-24(15)17(26)9-12-1-5-22-6-2-12/h1-2,5-6,10-11,15-16H,3-4,7-9H2/t15-,16-/m1/s1. The van der Waals surface area contributed by atoms with Gasteiger partial charge >= 0.3 is 0 Å². The van der Waals surface area contributed by atoms with Crippen molar-refractivity contribution in [3.8, 4) is 0 Å². The van der Waals surface area contributed by atoms with Crippen molar-refractivity contribution in [1.29, 1.82) is 0 Å². The summed E-state index contributed by atoms with van der Waals surface area (Å²) in [4.78, 5) is 37.4. The fourth-order valence-electron chi connectivity index (χ4n) is 4.08. The fraction of sp³-hybridized carbons (Fsp3) is 0.368. The molecule has 2 aromatic rings. The summed E-state index contributed by atoms with van der Waals surface area (Å²) < 4.78 is 0. The van der Waals surface area contributed by atoms with E-state index < -0.39 is 0 Å². The van der Waals surface area contributed by atoms with Gasteiger partial charge in [0.2, 0.25) is 5.91 Å². The van der Waals surface area contributed by atoms with Gasteiger partial charge < -0.3 is 9.80 Å². The summed E-state index contributed by atoms with van der Waals surface area (Å²) in [6.45, 7) is 1.24. The van der Waals surface area contributed by atoms with E-state index in [-0.39, 0.29) is 39.5 Å². The molecule has 2 amide bonds. The summed E-state index contributed by atoms with van der Waals surface area (Å²) in [6, 6.07) is 3.74. The number of aromatic nitrogens is 2. The first-order valence-electron chi connectivity index (χ1n) is 8.84. The molecule has 140 valence electrons. The lowest BCUT2D eigenvalue weighted by Crippen LogP contribution is -2.42. The maximum absolute atomic E-state index is 13.0. The first-order valence-corrected chi connectivity index (χ1v) is 9.60. The largest absolute Gasteiger partial charge is 0.337 e. The Morgan fingerprint density at radius 2 is 1.56 bits per heavy atom. The van der Waals surface area contributed by atoms with Gasteiger partial charge in [-0.05, 0) is 30.5 Å². The molecule has 0 aliphatic carbocycles. The molecule has 4 rings (SSSR count). The number of amides is 2. The number of nitrogens with zero attached hydrogens (tertiary/aromatic N) is 4. The summed E-state index contributed by atoms with van der Waals surface area (Å²) in [5.74, 6) is -0.105. The molecule has 0 saturated carbocycles. The molecule has 0 radical (unpaired) electrons. The summed E-state index contributed by atoms with van der Waals surface area (Å²) in [7, 11) is 0.